The number of ether oxygens (including phenoxy) is 1. The van der Waals surface area contributed by atoms with Crippen LogP contribution in [0.5, 0.6) is 5.75 Å². The van der Waals surface area contributed by atoms with Crippen LogP contribution in [0.25, 0.3) is 17.0 Å². The van der Waals surface area contributed by atoms with E-state index in [4.69, 9.17) is 10.5 Å². The number of nitrogen functional groups attached to an aromatic ring is 1. The number of benzene rings is 1. The predicted octanol–water partition coefficient (Wildman–Crippen LogP) is 2.81. The molecule has 0 radical (unpaired) electrons. The van der Waals surface area contributed by atoms with Gasteiger partial charge in [-0.25, -0.2) is 15.0 Å². The van der Waals surface area contributed by atoms with Crippen molar-refractivity contribution in [3.8, 4) is 23.2 Å². The number of hydrogen-bond donors (Lipinski definition) is 2. The Hall–Kier alpha value is -4.78. The molecular formula is C27H25N7O3. The molecule has 0 saturated carbocycles. The normalized spacial score (nSPS) is 16.4. The molecule has 3 aromatic rings. The van der Waals surface area contributed by atoms with E-state index >= 15 is 0 Å². The first kappa shape index (κ1) is 23.9. The summed E-state index contributed by atoms with van der Waals surface area (Å²) in [5, 5.41) is 12.9. The van der Waals surface area contributed by atoms with Crippen LogP contribution in [-0.4, -0.2) is 58.3 Å². The van der Waals surface area contributed by atoms with Crippen LogP contribution in [0.4, 0.5) is 11.5 Å². The molecule has 2 aliphatic rings. The number of carbonyl (C=O) groups excluding carboxylic acids is 2. The number of anilines is 2. The van der Waals surface area contributed by atoms with Gasteiger partial charge in [0, 0.05) is 25.2 Å². The summed E-state index contributed by atoms with van der Waals surface area (Å²) in [5.74, 6) is -1.07. The summed E-state index contributed by atoms with van der Waals surface area (Å²) in [6.45, 7) is 0.998. The van der Waals surface area contributed by atoms with Crippen LogP contribution in [0, 0.1) is 11.3 Å². The zero-order valence-electron chi connectivity index (χ0n) is 20.3. The lowest BCUT2D eigenvalue weighted by Crippen LogP contribution is -2.42. The lowest BCUT2D eigenvalue weighted by Gasteiger charge is -2.29. The number of rotatable bonds is 5. The number of aromatic nitrogens is 3. The minimum Gasteiger partial charge on any atom is -0.495 e. The highest BCUT2D eigenvalue weighted by Gasteiger charge is 2.39. The van der Waals surface area contributed by atoms with Crippen molar-refractivity contribution in [2.24, 2.45) is 0 Å². The van der Waals surface area contributed by atoms with Gasteiger partial charge in [-0.15, -0.1) is 0 Å². The number of nitriles is 1. The van der Waals surface area contributed by atoms with Crippen molar-refractivity contribution < 1.29 is 14.3 Å². The van der Waals surface area contributed by atoms with Gasteiger partial charge in [0.05, 0.1) is 48.9 Å². The van der Waals surface area contributed by atoms with E-state index in [2.05, 4.69) is 26.3 Å². The van der Waals surface area contributed by atoms with Crippen molar-refractivity contribution >= 4 is 28.8 Å². The minimum absolute atomic E-state index is 0.239. The van der Waals surface area contributed by atoms with Gasteiger partial charge in [0.1, 0.15) is 23.0 Å². The molecule has 1 atom stereocenters. The second-order valence-corrected chi connectivity index (χ2v) is 8.84. The van der Waals surface area contributed by atoms with E-state index in [9.17, 15) is 14.9 Å². The highest BCUT2D eigenvalue weighted by atomic mass is 16.5. The standard InChI is InChI=1S/C27H25N7O3/c1-37-21-14-33-24(20-13-31-22(29)15-30-20)25-23(21)19(12-32-25)26(35)27(36)34-9-7-17(8-10-34)18(11-28)16-5-3-2-4-6-16/h2-6,13-15,19,32H,7-10,12H2,1H3,(H2,29,31). The third kappa shape index (κ3) is 4.47. The summed E-state index contributed by atoms with van der Waals surface area (Å²) >= 11 is 0. The maximum atomic E-state index is 13.4. The lowest BCUT2D eigenvalue weighted by atomic mass is 9.92. The van der Waals surface area contributed by atoms with Gasteiger partial charge in [0.15, 0.2) is 0 Å². The Kier molecular flexibility index (Phi) is 6.51. The fourth-order valence-electron chi connectivity index (χ4n) is 4.87. The first-order chi connectivity index (χ1) is 18.0. The third-order valence-corrected chi connectivity index (χ3v) is 6.76. The van der Waals surface area contributed by atoms with E-state index in [-0.39, 0.29) is 12.4 Å². The van der Waals surface area contributed by atoms with Gasteiger partial charge in [-0.05, 0) is 24.0 Å². The average molecular weight is 496 g/mol. The number of hydrogen-bond acceptors (Lipinski definition) is 9. The Balaban J connectivity index is 1.36. The van der Waals surface area contributed by atoms with Crippen LogP contribution in [0.15, 0.2) is 54.5 Å². The van der Waals surface area contributed by atoms with Gasteiger partial charge in [-0.1, -0.05) is 30.3 Å². The highest BCUT2D eigenvalue weighted by Crippen LogP contribution is 2.43. The van der Waals surface area contributed by atoms with Crippen LogP contribution in [0.2, 0.25) is 0 Å². The molecule has 10 nitrogen and oxygen atoms in total. The van der Waals surface area contributed by atoms with Crippen LogP contribution >= 0.6 is 0 Å². The Bertz CT molecular complexity index is 1420. The van der Waals surface area contributed by atoms with E-state index < -0.39 is 17.6 Å². The van der Waals surface area contributed by atoms with Crippen molar-refractivity contribution in [3.63, 3.8) is 0 Å². The molecule has 0 bridgehead atoms. The molecule has 0 aliphatic carbocycles. The summed E-state index contributed by atoms with van der Waals surface area (Å²) in [4.78, 5) is 41.1. The number of methoxy groups -OCH3 is 1. The summed E-state index contributed by atoms with van der Waals surface area (Å²) < 4.78 is 5.50. The Morgan fingerprint density at radius 2 is 1.86 bits per heavy atom. The number of nitrogens with two attached hydrogens (primary N) is 1. The summed E-state index contributed by atoms with van der Waals surface area (Å²) in [6, 6.07) is 11.8. The predicted molar refractivity (Wildman–Crippen MR) is 137 cm³/mol. The molecule has 1 fully saturated rings. The number of allylic oxidation sites excluding steroid dienone is 1. The van der Waals surface area contributed by atoms with Gasteiger partial charge in [-0.2, -0.15) is 5.26 Å². The Morgan fingerprint density at radius 1 is 1.11 bits per heavy atom. The zero-order valence-corrected chi connectivity index (χ0v) is 20.3. The van der Waals surface area contributed by atoms with Gasteiger partial charge in [-0.3, -0.25) is 9.59 Å². The van der Waals surface area contributed by atoms with E-state index in [1.54, 1.807) is 4.90 Å². The average Bonchev–Trinajstić information content (AvgIpc) is 3.39. The summed E-state index contributed by atoms with van der Waals surface area (Å²) in [5.41, 5.74) is 10.3. The maximum absolute atomic E-state index is 13.4. The van der Waals surface area contributed by atoms with Gasteiger partial charge in [0.25, 0.3) is 5.91 Å². The second kappa shape index (κ2) is 10.1. The van der Waals surface area contributed by atoms with Gasteiger partial charge in [0.2, 0.25) is 5.78 Å². The first-order valence-corrected chi connectivity index (χ1v) is 11.9. The maximum Gasteiger partial charge on any atom is 0.290 e. The molecular weight excluding hydrogens is 470 g/mol. The van der Waals surface area contributed by atoms with Crippen LogP contribution in [0.3, 0.4) is 0 Å². The van der Waals surface area contributed by atoms with E-state index in [1.165, 1.54) is 25.7 Å². The first-order valence-electron chi connectivity index (χ1n) is 11.9. The lowest BCUT2D eigenvalue weighted by molar-refractivity contribution is -0.145. The SMILES string of the molecule is COc1cnc(-c2cnc(N)cn2)c2c1C(C(=O)C(=O)N1CCC(=C(C#N)c3ccccc3)CC1)CN2. The molecule has 10 heteroatoms. The van der Waals surface area contributed by atoms with Crippen LogP contribution in [-0.2, 0) is 9.59 Å². The Labute approximate surface area is 213 Å². The van der Waals surface area contributed by atoms with Gasteiger partial charge >= 0.3 is 0 Å². The molecule has 1 unspecified atom stereocenters. The van der Waals surface area contributed by atoms with Crippen LogP contribution < -0.4 is 15.8 Å². The number of amides is 1. The summed E-state index contributed by atoms with van der Waals surface area (Å²) in [6.07, 6.45) is 5.56. The highest BCUT2D eigenvalue weighted by molar-refractivity contribution is 6.38. The van der Waals surface area contributed by atoms with E-state index in [1.807, 2.05) is 30.3 Å². The van der Waals surface area contributed by atoms with Crippen molar-refractivity contribution in [1.29, 1.82) is 5.26 Å². The molecule has 1 saturated heterocycles. The third-order valence-electron chi connectivity index (χ3n) is 6.76. The quantitative estimate of drug-likeness (QED) is 0.403. The van der Waals surface area contributed by atoms with E-state index in [0.717, 1.165) is 11.1 Å². The number of fused-ring (bicyclic) bond motifs is 1. The topological polar surface area (TPSA) is 147 Å². The van der Waals surface area contributed by atoms with Crippen molar-refractivity contribution in [2.45, 2.75) is 18.8 Å². The molecule has 37 heavy (non-hydrogen) atoms. The van der Waals surface area contributed by atoms with Crippen molar-refractivity contribution in [1.82, 2.24) is 19.9 Å². The molecule has 2 aromatic heterocycles. The second-order valence-electron chi connectivity index (χ2n) is 8.84. The molecule has 1 aromatic carbocycles. The monoisotopic (exact) mass is 495 g/mol. The molecule has 4 heterocycles. The number of likely N-dealkylation sites (tertiary alicyclic amines) is 1. The molecule has 2 aliphatic heterocycles. The number of nitrogens with zero attached hydrogens (tertiary/aromatic N) is 5. The number of Topliss-reactive ketones (excluding diaryl/α,β-unsaturated/α-hetero) is 1. The van der Waals surface area contributed by atoms with Gasteiger partial charge < -0.3 is 20.7 Å². The van der Waals surface area contributed by atoms with Crippen LogP contribution in [0.1, 0.15) is 29.9 Å². The molecule has 0 spiro atoms. The fourth-order valence-corrected chi connectivity index (χ4v) is 4.87. The molecule has 5 rings (SSSR count). The number of ketones is 1. The zero-order chi connectivity index (χ0) is 25.9. The number of nitrogens with one attached hydrogen (secondary N) is 1. The molecule has 3 N–H and O–H groups in total. The smallest absolute Gasteiger partial charge is 0.290 e. The minimum atomic E-state index is -0.725. The number of pyridine rings is 1. The molecule has 1 amide bonds. The fraction of sp³-hybridized carbons (Fsp3) is 0.259. The summed E-state index contributed by atoms with van der Waals surface area (Å²) in [7, 11) is 1.50. The van der Waals surface area contributed by atoms with Crippen molar-refractivity contribution in [3.05, 3.63) is 65.6 Å². The van der Waals surface area contributed by atoms with Crippen molar-refractivity contribution in [2.75, 3.05) is 37.8 Å². The number of piperidine rings is 1. The largest absolute Gasteiger partial charge is 0.495 e. The Morgan fingerprint density at radius 3 is 2.51 bits per heavy atom. The molecule has 186 valence electrons. The van der Waals surface area contributed by atoms with E-state index in [0.29, 0.717) is 59.9 Å². The number of carbonyl (C=O) groups is 2.